The maximum absolute atomic E-state index is 9.23. The second-order valence-electron chi connectivity index (χ2n) is 4.10. The van der Waals surface area contributed by atoms with Gasteiger partial charge < -0.3 is 10.5 Å². The van der Waals surface area contributed by atoms with Crippen molar-refractivity contribution in [3.05, 3.63) is 63.6 Å². The van der Waals surface area contributed by atoms with E-state index in [9.17, 15) is 5.26 Å². The van der Waals surface area contributed by atoms with Crippen LogP contribution in [-0.2, 0) is 6.61 Å². The number of hydrogen-bond donors (Lipinski definition) is 2. The molecule has 0 aliphatic carbocycles. The molecule has 0 aromatic heterocycles. The van der Waals surface area contributed by atoms with Gasteiger partial charge in [0.1, 0.15) is 29.8 Å². The number of benzene rings is 2. The van der Waals surface area contributed by atoms with Crippen molar-refractivity contribution in [3.63, 3.8) is 0 Å². The van der Waals surface area contributed by atoms with E-state index in [4.69, 9.17) is 15.9 Å². The summed E-state index contributed by atoms with van der Waals surface area (Å²) >= 11 is 3.30. The molecule has 4 nitrogen and oxygen atoms in total. The minimum Gasteiger partial charge on any atom is -0.487 e. The summed E-state index contributed by atoms with van der Waals surface area (Å²) in [6.45, 7) is 0.312. The first kappa shape index (κ1) is 14.1. The predicted molar refractivity (Wildman–Crippen MR) is 80.6 cm³/mol. The van der Waals surface area contributed by atoms with Crippen LogP contribution in [0.3, 0.4) is 0 Å². The molecular weight excluding hydrogens is 318 g/mol. The van der Waals surface area contributed by atoms with E-state index in [1.165, 1.54) is 0 Å². The predicted octanol–water partition coefficient (Wildman–Crippen LogP) is 3.18. The van der Waals surface area contributed by atoms with Crippen molar-refractivity contribution in [3.8, 4) is 11.8 Å². The van der Waals surface area contributed by atoms with Crippen LogP contribution >= 0.6 is 15.9 Å². The van der Waals surface area contributed by atoms with Crippen molar-refractivity contribution in [1.29, 1.82) is 10.7 Å². The van der Waals surface area contributed by atoms with Gasteiger partial charge >= 0.3 is 0 Å². The molecule has 0 saturated carbocycles. The van der Waals surface area contributed by atoms with Crippen molar-refractivity contribution in [1.82, 2.24) is 0 Å². The lowest BCUT2D eigenvalue weighted by molar-refractivity contribution is 0.304. The third-order valence-corrected chi connectivity index (χ3v) is 3.40. The van der Waals surface area contributed by atoms with Gasteiger partial charge in [0.25, 0.3) is 0 Å². The molecule has 2 aromatic carbocycles. The van der Waals surface area contributed by atoms with Crippen LogP contribution in [0.4, 0.5) is 0 Å². The van der Waals surface area contributed by atoms with Gasteiger partial charge in [0.2, 0.25) is 0 Å². The van der Waals surface area contributed by atoms with Gasteiger partial charge in [-0.1, -0.05) is 30.3 Å². The standard InChI is InChI=1S/C15H12BrN3O/c16-13-7-6-11(15(18)19)14(12(13)8-17)20-9-10-4-2-1-3-5-10/h1-7H,9H2,(H3,18,19). The van der Waals surface area contributed by atoms with E-state index in [1.54, 1.807) is 12.1 Å². The summed E-state index contributed by atoms with van der Waals surface area (Å²) in [5.74, 6) is 0.204. The first-order chi connectivity index (χ1) is 9.63. The van der Waals surface area contributed by atoms with E-state index in [2.05, 4.69) is 22.0 Å². The number of hydrogen-bond acceptors (Lipinski definition) is 3. The summed E-state index contributed by atoms with van der Waals surface area (Å²) in [5.41, 5.74) is 7.27. The molecule has 20 heavy (non-hydrogen) atoms. The number of nitrogens with one attached hydrogen (secondary N) is 1. The summed E-state index contributed by atoms with van der Waals surface area (Å²) in [5, 5.41) is 16.8. The molecule has 0 saturated heterocycles. The van der Waals surface area contributed by atoms with Crippen molar-refractivity contribution in [2.24, 2.45) is 5.73 Å². The second kappa shape index (κ2) is 6.22. The van der Waals surface area contributed by atoms with Crippen LogP contribution in [0.2, 0.25) is 0 Å². The highest BCUT2D eigenvalue weighted by molar-refractivity contribution is 9.10. The molecule has 0 radical (unpaired) electrons. The Hall–Kier alpha value is -2.32. The quantitative estimate of drug-likeness (QED) is 0.667. The Balaban J connectivity index is 2.37. The molecule has 0 amide bonds. The first-order valence-electron chi connectivity index (χ1n) is 5.87. The smallest absolute Gasteiger partial charge is 0.149 e. The number of halogens is 1. The van der Waals surface area contributed by atoms with Gasteiger partial charge in [-0.05, 0) is 33.6 Å². The SMILES string of the molecule is N#Cc1c(Br)ccc(C(=N)N)c1OCc1ccccc1. The number of amidine groups is 1. The Bertz CT molecular complexity index is 678. The minimum atomic E-state index is -0.128. The molecule has 100 valence electrons. The zero-order valence-corrected chi connectivity index (χ0v) is 12.1. The molecule has 3 N–H and O–H groups in total. The molecule has 0 fully saturated rings. The highest BCUT2D eigenvalue weighted by atomic mass is 79.9. The molecule has 2 aromatic rings. The van der Waals surface area contributed by atoms with Gasteiger partial charge in [-0.3, -0.25) is 5.41 Å². The Kier molecular flexibility index (Phi) is 4.38. The number of rotatable bonds is 4. The molecule has 0 heterocycles. The molecule has 5 heteroatoms. The lowest BCUT2D eigenvalue weighted by atomic mass is 10.1. The van der Waals surface area contributed by atoms with Crippen LogP contribution in [0.25, 0.3) is 0 Å². The van der Waals surface area contributed by atoms with Gasteiger partial charge in [-0.25, -0.2) is 0 Å². The van der Waals surface area contributed by atoms with Crippen LogP contribution in [0.1, 0.15) is 16.7 Å². The van der Waals surface area contributed by atoms with Crippen LogP contribution in [-0.4, -0.2) is 5.84 Å². The number of nitrogen functional groups attached to an aromatic ring is 1. The van der Waals surface area contributed by atoms with E-state index >= 15 is 0 Å². The third kappa shape index (κ3) is 2.98. The summed E-state index contributed by atoms with van der Waals surface area (Å²) in [4.78, 5) is 0. The van der Waals surface area contributed by atoms with Crippen molar-refractivity contribution >= 4 is 21.8 Å². The topological polar surface area (TPSA) is 82.9 Å². The lowest BCUT2D eigenvalue weighted by Crippen LogP contribution is -2.14. The lowest BCUT2D eigenvalue weighted by Gasteiger charge is -2.13. The zero-order valence-electron chi connectivity index (χ0n) is 10.6. The van der Waals surface area contributed by atoms with Gasteiger partial charge in [-0.2, -0.15) is 5.26 Å². The van der Waals surface area contributed by atoms with E-state index in [0.717, 1.165) is 5.56 Å². The minimum absolute atomic E-state index is 0.128. The fraction of sp³-hybridized carbons (Fsp3) is 0.0667. The average molecular weight is 330 g/mol. The summed E-state index contributed by atoms with van der Waals surface area (Å²) in [6, 6.07) is 15.0. The normalized spacial score (nSPS) is 9.80. The number of nitrogens with zero attached hydrogens (tertiary/aromatic N) is 1. The van der Waals surface area contributed by atoms with Gasteiger partial charge in [0.15, 0.2) is 0 Å². The fourth-order valence-electron chi connectivity index (χ4n) is 1.75. The molecular formula is C15H12BrN3O. The molecule has 0 unspecified atom stereocenters. The van der Waals surface area contributed by atoms with E-state index < -0.39 is 0 Å². The Morgan fingerprint density at radius 1 is 1.25 bits per heavy atom. The third-order valence-electron chi connectivity index (χ3n) is 2.73. The largest absolute Gasteiger partial charge is 0.487 e. The van der Waals surface area contributed by atoms with E-state index in [0.29, 0.717) is 28.0 Å². The van der Waals surface area contributed by atoms with E-state index in [1.807, 2.05) is 30.3 Å². The summed E-state index contributed by atoms with van der Waals surface area (Å²) in [7, 11) is 0. The van der Waals surface area contributed by atoms with Crippen LogP contribution in [0.15, 0.2) is 46.9 Å². The summed E-state index contributed by atoms with van der Waals surface area (Å²) < 4.78 is 6.33. The second-order valence-corrected chi connectivity index (χ2v) is 4.95. The number of nitrogens with two attached hydrogens (primary N) is 1. The highest BCUT2D eigenvalue weighted by Gasteiger charge is 2.15. The van der Waals surface area contributed by atoms with Crippen LogP contribution in [0.5, 0.6) is 5.75 Å². The Morgan fingerprint density at radius 2 is 1.95 bits per heavy atom. The fourth-order valence-corrected chi connectivity index (χ4v) is 2.16. The molecule has 0 aliphatic heterocycles. The maximum Gasteiger partial charge on any atom is 0.149 e. The Labute approximate surface area is 125 Å². The monoisotopic (exact) mass is 329 g/mol. The highest BCUT2D eigenvalue weighted by Crippen LogP contribution is 2.30. The zero-order chi connectivity index (χ0) is 14.5. The average Bonchev–Trinajstić information content (AvgIpc) is 2.45. The number of nitriles is 1. The molecule has 0 spiro atoms. The molecule has 2 rings (SSSR count). The molecule has 0 bridgehead atoms. The van der Waals surface area contributed by atoms with E-state index in [-0.39, 0.29) is 5.84 Å². The molecule has 0 aliphatic rings. The number of ether oxygens (including phenoxy) is 1. The van der Waals surface area contributed by atoms with Crippen LogP contribution < -0.4 is 10.5 Å². The summed E-state index contributed by atoms with van der Waals surface area (Å²) in [6.07, 6.45) is 0. The first-order valence-corrected chi connectivity index (χ1v) is 6.66. The van der Waals surface area contributed by atoms with Crippen molar-refractivity contribution in [2.75, 3.05) is 0 Å². The van der Waals surface area contributed by atoms with Crippen LogP contribution in [0, 0.1) is 16.7 Å². The van der Waals surface area contributed by atoms with Crippen molar-refractivity contribution < 1.29 is 4.74 Å². The van der Waals surface area contributed by atoms with Gasteiger partial charge in [0, 0.05) is 4.47 Å². The molecule has 0 atom stereocenters. The Morgan fingerprint density at radius 3 is 2.55 bits per heavy atom. The van der Waals surface area contributed by atoms with Gasteiger partial charge in [-0.15, -0.1) is 0 Å². The maximum atomic E-state index is 9.23. The van der Waals surface area contributed by atoms with Crippen molar-refractivity contribution in [2.45, 2.75) is 6.61 Å². The van der Waals surface area contributed by atoms with Gasteiger partial charge in [0.05, 0.1) is 5.56 Å².